The van der Waals surface area contributed by atoms with Crippen LogP contribution in [-0.2, 0) is 14.3 Å². The van der Waals surface area contributed by atoms with E-state index in [1.54, 1.807) is 25.3 Å². The summed E-state index contributed by atoms with van der Waals surface area (Å²) in [4.78, 5) is 27.6. The molecule has 1 aliphatic heterocycles. The molecule has 3 rings (SSSR count). The summed E-state index contributed by atoms with van der Waals surface area (Å²) in [5, 5.41) is 3.95. The number of rotatable bonds is 7. The zero-order valence-electron chi connectivity index (χ0n) is 16.5. The predicted octanol–water partition coefficient (Wildman–Crippen LogP) is 4.84. The number of benzene rings is 2. The number of aryl methyl sites for hydroxylation is 2. The maximum Gasteiger partial charge on any atom is 0.278 e. The number of amides is 2. The molecule has 0 fully saturated rings. The van der Waals surface area contributed by atoms with Gasteiger partial charge in [0.05, 0.1) is 10.6 Å². The van der Waals surface area contributed by atoms with Crippen LogP contribution in [0.5, 0.6) is 0 Å². The fourth-order valence-corrected chi connectivity index (χ4v) is 3.71. The molecule has 0 radical (unpaired) electrons. The molecule has 152 valence electrons. The first-order valence-corrected chi connectivity index (χ1v) is 9.98. The minimum atomic E-state index is -0.386. The molecule has 0 saturated carbocycles. The molecule has 0 aliphatic carbocycles. The van der Waals surface area contributed by atoms with Gasteiger partial charge in [-0.2, -0.15) is 0 Å². The Kier molecular flexibility index (Phi) is 6.63. The molecule has 5 nitrogen and oxygen atoms in total. The van der Waals surface area contributed by atoms with E-state index in [0.717, 1.165) is 16.8 Å². The fourth-order valence-electron chi connectivity index (χ4n) is 3.21. The Morgan fingerprint density at radius 1 is 1.03 bits per heavy atom. The normalized spacial score (nSPS) is 14.2. The lowest BCUT2D eigenvalue weighted by atomic mass is 10.0. The van der Waals surface area contributed by atoms with Gasteiger partial charge in [-0.05, 0) is 49.6 Å². The maximum atomic E-state index is 13.2. The van der Waals surface area contributed by atoms with Crippen molar-refractivity contribution in [3.05, 3.63) is 68.8 Å². The van der Waals surface area contributed by atoms with E-state index >= 15 is 0 Å². The number of halogens is 2. The Balaban J connectivity index is 2.08. The molecule has 7 heteroatoms. The number of anilines is 1. The number of carbonyl (C=O) groups excluding carboxylic acids is 2. The summed E-state index contributed by atoms with van der Waals surface area (Å²) in [6.45, 7) is 4.62. The molecule has 1 heterocycles. The van der Waals surface area contributed by atoms with Gasteiger partial charge in [-0.15, -0.1) is 0 Å². The largest absolute Gasteiger partial charge is 0.385 e. The van der Waals surface area contributed by atoms with E-state index in [-0.39, 0.29) is 29.6 Å². The summed E-state index contributed by atoms with van der Waals surface area (Å²) in [5.74, 6) is -0.767. The number of hydrogen-bond acceptors (Lipinski definition) is 4. The van der Waals surface area contributed by atoms with Gasteiger partial charge in [-0.25, -0.2) is 0 Å². The molecule has 1 aliphatic rings. The first-order valence-electron chi connectivity index (χ1n) is 9.22. The third-order valence-corrected chi connectivity index (χ3v) is 5.30. The molecule has 0 aromatic heterocycles. The third-order valence-electron chi connectivity index (χ3n) is 4.75. The van der Waals surface area contributed by atoms with E-state index in [2.05, 4.69) is 5.32 Å². The summed E-state index contributed by atoms with van der Waals surface area (Å²) < 4.78 is 5.05. The van der Waals surface area contributed by atoms with Crippen LogP contribution in [0.3, 0.4) is 0 Å². The van der Waals surface area contributed by atoms with Gasteiger partial charge in [-0.3, -0.25) is 14.5 Å². The fraction of sp³-hybridized carbons (Fsp3) is 0.273. The Hall–Kier alpha value is -2.34. The van der Waals surface area contributed by atoms with Crippen LogP contribution >= 0.6 is 23.2 Å². The molecule has 0 atom stereocenters. The second-order valence-corrected chi connectivity index (χ2v) is 7.77. The lowest BCUT2D eigenvalue weighted by Crippen LogP contribution is -2.34. The van der Waals surface area contributed by atoms with E-state index in [1.807, 2.05) is 32.0 Å². The number of hydrogen-bond donors (Lipinski definition) is 1. The number of nitrogens with one attached hydrogen (secondary N) is 1. The van der Waals surface area contributed by atoms with E-state index in [1.165, 1.54) is 4.90 Å². The monoisotopic (exact) mass is 432 g/mol. The molecule has 2 aromatic carbocycles. The topological polar surface area (TPSA) is 58.6 Å². The summed E-state index contributed by atoms with van der Waals surface area (Å²) >= 11 is 12.4. The van der Waals surface area contributed by atoms with Gasteiger partial charge in [0.25, 0.3) is 11.8 Å². The quantitative estimate of drug-likeness (QED) is 0.502. The summed E-state index contributed by atoms with van der Waals surface area (Å²) in [6.07, 6.45) is 0.548. The van der Waals surface area contributed by atoms with Gasteiger partial charge < -0.3 is 10.1 Å². The Morgan fingerprint density at radius 3 is 2.48 bits per heavy atom. The Morgan fingerprint density at radius 2 is 1.79 bits per heavy atom. The highest BCUT2D eigenvalue weighted by Crippen LogP contribution is 2.35. The minimum Gasteiger partial charge on any atom is -0.385 e. The highest BCUT2D eigenvalue weighted by atomic mass is 35.5. The van der Waals surface area contributed by atoms with Crippen LogP contribution in [0.1, 0.15) is 23.1 Å². The third kappa shape index (κ3) is 4.47. The van der Waals surface area contributed by atoms with Crippen molar-refractivity contribution in [2.24, 2.45) is 0 Å². The molecule has 2 amide bonds. The molecule has 0 bridgehead atoms. The molecular formula is C22H22Cl2N2O3. The van der Waals surface area contributed by atoms with Crippen LogP contribution in [0.4, 0.5) is 5.69 Å². The number of carbonyl (C=O) groups is 2. The van der Waals surface area contributed by atoms with E-state index in [9.17, 15) is 9.59 Å². The Bertz CT molecular complexity index is 1000. The van der Waals surface area contributed by atoms with Gasteiger partial charge in [0.2, 0.25) is 0 Å². The second kappa shape index (κ2) is 8.99. The number of methoxy groups -OCH3 is 1. The highest BCUT2D eigenvalue weighted by molar-refractivity contribution is 6.41. The van der Waals surface area contributed by atoms with Crippen molar-refractivity contribution in [2.45, 2.75) is 20.3 Å². The number of imide groups is 1. The predicted molar refractivity (Wildman–Crippen MR) is 116 cm³/mol. The average Bonchev–Trinajstić information content (AvgIpc) is 2.89. The molecule has 0 unspecified atom stereocenters. The number of nitrogens with zero attached hydrogens (tertiary/aromatic N) is 1. The van der Waals surface area contributed by atoms with Crippen LogP contribution in [0.2, 0.25) is 10.0 Å². The van der Waals surface area contributed by atoms with Gasteiger partial charge in [-0.1, -0.05) is 41.4 Å². The van der Waals surface area contributed by atoms with Gasteiger partial charge in [0.15, 0.2) is 0 Å². The standard InChI is InChI=1S/C22H22Cl2N2O3/c1-13-5-6-14(2)18(11-13)25-20-19(16-8-7-15(23)12-17(16)24)21(27)26(22(20)28)9-4-10-29-3/h5-8,11-12,25H,4,9-10H2,1-3H3. The molecule has 29 heavy (non-hydrogen) atoms. The molecule has 2 aromatic rings. The number of ether oxygens (including phenoxy) is 1. The van der Waals surface area contributed by atoms with Crippen molar-refractivity contribution >= 4 is 46.3 Å². The first-order chi connectivity index (χ1) is 13.8. The van der Waals surface area contributed by atoms with Crippen molar-refractivity contribution in [1.82, 2.24) is 4.90 Å². The zero-order valence-corrected chi connectivity index (χ0v) is 18.0. The SMILES string of the molecule is COCCCN1C(=O)C(Nc2cc(C)ccc2C)=C(c2ccc(Cl)cc2Cl)C1=O. The Labute approximate surface area is 180 Å². The lowest BCUT2D eigenvalue weighted by molar-refractivity contribution is -0.136. The van der Waals surface area contributed by atoms with Crippen molar-refractivity contribution in [3.8, 4) is 0 Å². The van der Waals surface area contributed by atoms with Crippen molar-refractivity contribution in [3.63, 3.8) is 0 Å². The van der Waals surface area contributed by atoms with Crippen LogP contribution in [0.15, 0.2) is 42.1 Å². The van der Waals surface area contributed by atoms with Crippen LogP contribution in [0, 0.1) is 13.8 Å². The zero-order chi connectivity index (χ0) is 21.1. The summed E-state index contributed by atoms with van der Waals surface area (Å²) in [6, 6.07) is 10.8. The van der Waals surface area contributed by atoms with E-state index in [0.29, 0.717) is 28.6 Å². The van der Waals surface area contributed by atoms with Gasteiger partial charge >= 0.3 is 0 Å². The smallest absolute Gasteiger partial charge is 0.278 e. The van der Waals surface area contributed by atoms with Gasteiger partial charge in [0.1, 0.15) is 5.70 Å². The lowest BCUT2D eigenvalue weighted by Gasteiger charge is -2.15. The van der Waals surface area contributed by atoms with Crippen LogP contribution in [-0.4, -0.2) is 37.0 Å². The van der Waals surface area contributed by atoms with Crippen molar-refractivity contribution < 1.29 is 14.3 Å². The molecule has 1 N–H and O–H groups in total. The summed E-state index contributed by atoms with van der Waals surface area (Å²) in [5.41, 5.74) is 3.69. The van der Waals surface area contributed by atoms with Crippen LogP contribution < -0.4 is 5.32 Å². The van der Waals surface area contributed by atoms with Crippen LogP contribution in [0.25, 0.3) is 5.57 Å². The minimum absolute atomic E-state index is 0.213. The first kappa shape index (κ1) is 21.4. The maximum absolute atomic E-state index is 13.2. The average molecular weight is 433 g/mol. The van der Waals surface area contributed by atoms with E-state index < -0.39 is 0 Å². The molecular weight excluding hydrogens is 411 g/mol. The highest BCUT2D eigenvalue weighted by Gasteiger charge is 2.39. The second-order valence-electron chi connectivity index (χ2n) is 6.93. The van der Waals surface area contributed by atoms with Gasteiger partial charge in [0, 0.05) is 36.5 Å². The van der Waals surface area contributed by atoms with Crippen molar-refractivity contribution in [1.29, 1.82) is 0 Å². The van der Waals surface area contributed by atoms with E-state index in [4.69, 9.17) is 27.9 Å². The summed E-state index contributed by atoms with van der Waals surface area (Å²) in [7, 11) is 1.58. The molecule has 0 spiro atoms. The molecule has 0 saturated heterocycles. The van der Waals surface area contributed by atoms with Crippen molar-refractivity contribution in [2.75, 3.05) is 25.6 Å².